The van der Waals surface area contributed by atoms with Crippen molar-refractivity contribution in [2.24, 2.45) is 5.41 Å². The van der Waals surface area contributed by atoms with E-state index < -0.39 is 11.9 Å². The number of allylic oxidation sites excluding steroid dienone is 2. The smallest absolute Gasteiger partial charge is 0.336 e. The molecule has 40 heavy (non-hydrogen) atoms. The number of Topliss-reactive ketones (excluding diaryl/α,β-unsaturated/α-hetero) is 1. The zero-order valence-electron chi connectivity index (χ0n) is 22.7. The van der Waals surface area contributed by atoms with Crippen LogP contribution >= 0.6 is 11.6 Å². The molecule has 0 spiro atoms. The lowest BCUT2D eigenvalue weighted by molar-refractivity contribution is -0.139. The van der Waals surface area contributed by atoms with Crippen LogP contribution in [0.2, 0.25) is 5.02 Å². The number of dihydropyridines is 1. The van der Waals surface area contributed by atoms with Gasteiger partial charge in [-0.2, -0.15) is 0 Å². The maximum Gasteiger partial charge on any atom is 0.336 e. The first-order valence-electron chi connectivity index (χ1n) is 13.3. The van der Waals surface area contributed by atoms with Crippen LogP contribution in [0, 0.1) is 5.41 Å². The molecule has 5 rings (SSSR count). The summed E-state index contributed by atoms with van der Waals surface area (Å²) in [5, 5.41) is 3.77. The third kappa shape index (κ3) is 5.09. The summed E-state index contributed by atoms with van der Waals surface area (Å²) in [4.78, 5) is 53.5. The highest BCUT2D eigenvalue weighted by molar-refractivity contribution is 6.31. The highest BCUT2D eigenvalue weighted by Gasteiger charge is 2.44. The van der Waals surface area contributed by atoms with Gasteiger partial charge in [0.05, 0.1) is 48.8 Å². The normalized spacial score (nSPS) is 19.9. The number of imide groups is 1. The van der Waals surface area contributed by atoms with Gasteiger partial charge in [0, 0.05) is 28.6 Å². The van der Waals surface area contributed by atoms with Crippen molar-refractivity contribution in [1.82, 2.24) is 10.2 Å². The zero-order valence-corrected chi connectivity index (χ0v) is 23.5. The fourth-order valence-electron chi connectivity index (χ4n) is 5.71. The molecule has 1 atom stereocenters. The average Bonchev–Trinajstić information content (AvgIpc) is 3.15. The third-order valence-electron chi connectivity index (χ3n) is 7.42. The first-order valence-corrected chi connectivity index (χ1v) is 13.7. The number of esters is 1. The number of carbonyl (C=O) groups is 4. The average molecular weight is 563 g/mol. The van der Waals surface area contributed by atoms with E-state index in [0.29, 0.717) is 45.8 Å². The fourth-order valence-corrected chi connectivity index (χ4v) is 5.95. The molecule has 0 saturated heterocycles. The van der Waals surface area contributed by atoms with E-state index in [1.807, 2.05) is 26.0 Å². The van der Waals surface area contributed by atoms with E-state index in [4.69, 9.17) is 21.1 Å². The van der Waals surface area contributed by atoms with Crippen molar-refractivity contribution in [2.45, 2.75) is 39.5 Å². The lowest BCUT2D eigenvalue weighted by Gasteiger charge is -2.40. The van der Waals surface area contributed by atoms with Gasteiger partial charge >= 0.3 is 5.97 Å². The number of carbonyl (C=O) groups excluding carboxylic acids is 4. The molecule has 2 aliphatic heterocycles. The maximum absolute atomic E-state index is 13.5. The minimum atomic E-state index is -0.720. The Morgan fingerprint density at radius 2 is 1.68 bits per heavy atom. The Bertz CT molecular complexity index is 1440. The Kier molecular flexibility index (Phi) is 7.66. The highest BCUT2D eigenvalue weighted by atomic mass is 35.5. The minimum absolute atomic E-state index is 0.0241. The molecular formula is C31H31ClN2O6. The first kappa shape index (κ1) is 27.8. The van der Waals surface area contributed by atoms with Crippen molar-refractivity contribution >= 4 is 35.2 Å². The molecule has 9 heteroatoms. The van der Waals surface area contributed by atoms with Gasteiger partial charge in [-0.3, -0.25) is 19.3 Å². The van der Waals surface area contributed by atoms with Crippen LogP contribution < -0.4 is 5.32 Å². The zero-order chi connectivity index (χ0) is 28.6. The topological polar surface area (TPSA) is 102 Å². The number of rotatable bonds is 8. The van der Waals surface area contributed by atoms with Gasteiger partial charge in [-0.05, 0) is 42.5 Å². The predicted octanol–water partition coefficient (Wildman–Crippen LogP) is 4.80. The first-order chi connectivity index (χ1) is 19.1. The summed E-state index contributed by atoms with van der Waals surface area (Å²) in [6.07, 6.45) is 0.945. The van der Waals surface area contributed by atoms with Crippen LogP contribution in [0.3, 0.4) is 0 Å². The van der Waals surface area contributed by atoms with Crippen LogP contribution in [-0.4, -0.2) is 54.8 Å². The van der Waals surface area contributed by atoms with E-state index in [1.54, 1.807) is 43.3 Å². The molecule has 1 N–H and O–H groups in total. The van der Waals surface area contributed by atoms with Gasteiger partial charge in [-0.15, -0.1) is 0 Å². The second-order valence-electron chi connectivity index (χ2n) is 10.9. The molecule has 2 aromatic carbocycles. The van der Waals surface area contributed by atoms with Crippen molar-refractivity contribution < 1.29 is 28.7 Å². The van der Waals surface area contributed by atoms with Gasteiger partial charge in [0.1, 0.15) is 0 Å². The summed E-state index contributed by atoms with van der Waals surface area (Å²) < 4.78 is 11.4. The lowest BCUT2D eigenvalue weighted by atomic mass is 9.68. The highest BCUT2D eigenvalue weighted by Crippen LogP contribution is 2.48. The van der Waals surface area contributed by atoms with Crippen molar-refractivity contribution in [1.29, 1.82) is 0 Å². The van der Waals surface area contributed by atoms with Crippen molar-refractivity contribution in [3.8, 4) is 0 Å². The molecule has 2 amide bonds. The van der Waals surface area contributed by atoms with Crippen molar-refractivity contribution in [3.05, 3.63) is 92.8 Å². The van der Waals surface area contributed by atoms with Gasteiger partial charge in [-0.25, -0.2) is 4.79 Å². The molecule has 0 aromatic heterocycles. The minimum Gasteiger partial charge on any atom is -0.463 e. The SMILES string of the molecule is CCOC(=O)C1=C(COCCN2C(=O)c3ccccc3C2=O)NC2=C(C(=O)CC(C)(C)C2)C1c1ccccc1Cl. The van der Waals surface area contributed by atoms with E-state index in [9.17, 15) is 19.2 Å². The molecule has 8 nitrogen and oxygen atoms in total. The van der Waals surface area contributed by atoms with Gasteiger partial charge < -0.3 is 14.8 Å². The Morgan fingerprint density at radius 3 is 2.33 bits per heavy atom. The molecule has 3 aliphatic rings. The molecule has 2 aromatic rings. The number of fused-ring (bicyclic) bond motifs is 1. The number of hydrogen-bond acceptors (Lipinski definition) is 7. The summed E-state index contributed by atoms with van der Waals surface area (Å²) >= 11 is 6.62. The molecule has 208 valence electrons. The number of nitrogens with one attached hydrogen (secondary N) is 1. The van der Waals surface area contributed by atoms with Crippen molar-refractivity contribution in [3.63, 3.8) is 0 Å². The summed E-state index contributed by atoms with van der Waals surface area (Å²) in [6, 6.07) is 13.9. The van der Waals surface area contributed by atoms with E-state index in [2.05, 4.69) is 5.32 Å². The fraction of sp³-hybridized carbons (Fsp3) is 0.355. The van der Waals surface area contributed by atoms with Gasteiger partial charge in [0.15, 0.2) is 5.78 Å². The van der Waals surface area contributed by atoms with E-state index in [1.165, 1.54) is 0 Å². The Hall–Kier alpha value is -3.75. The molecule has 0 radical (unpaired) electrons. The second kappa shape index (κ2) is 11.0. The van der Waals surface area contributed by atoms with Crippen LogP contribution in [0.25, 0.3) is 0 Å². The molecule has 0 bridgehead atoms. The Morgan fingerprint density at radius 1 is 1.02 bits per heavy atom. The van der Waals surface area contributed by atoms with Crippen LogP contribution in [-0.2, 0) is 19.1 Å². The monoisotopic (exact) mass is 562 g/mol. The number of ether oxygens (including phenoxy) is 2. The number of amides is 2. The number of halogens is 1. The molecule has 2 heterocycles. The Balaban J connectivity index is 1.44. The quantitative estimate of drug-likeness (QED) is 0.280. The summed E-state index contributed by atoms with van der Waals surface area (Å²) in [7, 11) is 0. The number of nitrogens with zero attached hydrogens (tertiary/aromatic N) is 1. The summed E-state index contributed by atoms with van der Waals surface area (Å²) in [5.41, 5.74) is 3.10. The number of ketones is 1. The maximum atomic E-state index is 13.5. The van der Waals surface area contributed by atoms with Crippen LogP contribution in [0.4, 0.5) is 0 Å². The largest absolute Gasteiger partial charge is 0.463 e. The number of benzene rings is 2. The third-order valence-corrected chi connectivity index (χ3v) is 7.76. The summed E-state index contributed by atoms with van der Waals surface area (Å²) in [5.74, 6) is -2.05. The molecule has 1 unspecified atom stereocenters. The van der Waals surface area contributed by atoms with E-state index in [-0.39, 0.29) is 55.0 Å². The molecule has 0 fully saturated rings. The van der Waals surface area contributed by atoms with E-state index in [0.717, 1.165) is 10.6 Å². The Labute approximate surface area is 238 Å². The van der Waals surface area contributed by atoms with Crippen LogP contribution in [0.15, 0.2) is 71.1 Å². The van der Waals surface area contributed by atoms with Crippen LogP contribution in [0.5, 0.6) is 0 Å². The molecular weight excluding hydrogens is 532 g/mol. The molecule has 1 aliphatic carbocycles. The predicted molar refractivity (Wildman–Crippen MR) is 149 cm³/mol. The second-order valence-corrected chi connectivity index (χ2v) is 11.3. The summed E-state index contributed by atoms with van der Waals surface area (Å²) in [6.45, 7) is 6.02. The van der Waals surface area contributed by atoms with Gasteiger partial charge in [0.2, 0.25) is 0 Å². The van der Waals surface area contributed by atoms with Gasteiger partial charge in [-0.1, -0.05) is 55.8 Å². The van der Waals surface area contributed by atoms with Crippen LogP contribution in [0.1, 0.15) is 65.8 Å². The number of hydrogen-bond donors (Lipinski definition) is 1. The van der Waals surface area contributed by atoms with E-state index >= 15 is 0 Å². The lowest BCUT2D eigenvalue weighted by Crippen LogP contribution is -2.40. The standard InChI is InChI=1S/C31H31ClN2O6/c1-4-40-30(38)27-23(17-39-14-13-34-28(36)18-9-5-6-10-19(18)29(34)37)33-22-15-31(2,3)16-24(35)26(22)25(27)20-11-7-8-12-21(20)32/h5-12,25,33H,4,13-17H2,1-3H3. The molecule has 0 saturated carbocycles. The van der Waals surface area contributed by atoms with Gasteiger partial charge in [0.25, 0.3) is 11.8 Å². The van der Waals surface area contributed by atoms with Crippen molar-refractivity contribution in [2.75, 3.05) is 26.4 Å².